The van der Waals surface area contributed by atoms with Crippen LogP contribution in [0.5, 0.6) is 0 Å². The van der Waals surface area contributed by atoms with E-state index in [0.29, 0.717) is 11.3 Å². The molecule has 0 bridgehead atoms. The fourth-order valence-corrected chi connectivity index (χ4v) is 10.1. The Morgan fingerprint density at radius 3 is 2.10 bits per heavy atom. The highest BCUT2D eigenvalue weighted by Crippen LogP contribution is 2.58. The second kappa shape index (κ2) is 7.20. The van der Waals surface area contributed by atoms with Crippen LogP contribution >= 0.6 is 15.6 Å². The van der Waals surface area contributed by atoms with Crippen LogP contribution in [0.15, 0.2) is 4.74 Å². The average Bonchev–Trinajstić information content (AvgIpc) is 2.27. The first-order valence-electron chi connectivity index (χ1n) is 7.73. The van der Waals surface area contributed by atoms with Gasteiger partial charge in [-0.2, -0.15) is 0 Å². The summed E-state index contributed by atoms with van der Waals surface area (Å²) in [5.74, 6) is 0. The minimum Gasteiger partial charge on any atom is -0.261 e. The molecule has 0 saturated heterocycles. The Hall–Kier alpha value is 0.540. The minimum absolute atomic E-state index is 0.0742. The number of rotatable bonds is 5. The zero-order chi connectivity index (χ0) is 15.6. The molecule has 0 saturated carbocycles. The van der Waals surface area contributed by atoms with Crippen LogP contribution in [-0.2, 0) is 0 Å². The molecule has 0 amide bonds. The summed E-state index contributed by atoms with van der Waals surface area (Å²) >= 11 is 0. The molecule has 1 aliphatic heterocycles. The predicted octanol–water partition coefficient (Wildman–Crippen LogP) is 4.46. The van der Waals surface area contributed by atoms with E-state index in [0.717, 1.165) is 13.1 Å². The molecule has 1 rings (SSSR count). The van der Waals surface area contributed by atoms with Crippen LogP contribution < -0.4 is 9.95 Å². The minimum atomic E-state index is -1.78. The Bertz CT molecular complexity index is 353. The van der Waals surface area contributed by atoms with E-state index in [-0.39, 0.29) is 13.6 Å². The lowest BCUT2D eigenvalue weighted by molar-refractivity contribution is 0.453. The number of hydrogen-bond donors (Lipinski definition) is 2. The van der Waals surface area contributed by atoms with E-state index in [4.69, 9.17) is 4.74 Å². The SMILES string of the molecule is CC(C)P(NP1(NC(C)(C)C)=NCCCN1C)C(C)C. The summed E-state index contributed by atoms with van der Waals surface area (Å²) in [6.45, 7) is 18.1. The monoisotopic (exact) mass is 320 g/mol. The fraction of sp³-hybridized carbons (Fsp3) is 1.00. The average molecular weight is 320 g/mol. The Balaban J connectivity index is 3.08. The number of nitrogens with zero attached hydrogens (tertiary/aromatic N) is 2. The van der Waals surface area contributed by atoms with Gasteiger partial charge in [-0.1, -0.05) is 27.7 Å². The zero-order valence-corrected chi connectivity index (χ0v) is 16.4. The molecule has 20 heavy (non-hydrogen) atoms. The van der Waals surface area contributed by atoms with Gasteiger partial charge in [0.05, 0.1) is 0 Å². The van der Waals surface area contributed by atoms with Crippen molar-refractivity contribution >= 4 is 15.6 Å². The van der Waals surface area contributed by atoms with Crippen LogP contribution in [0, 0.1) is 0 Å². The van der Waals surface area contributed by atoms with Gasteiger partial charge in [0.2, 0.25) is 0 Å². The molecule has 120 valence electrons. The lowest BCUT2D eigenvalue weighted by Crippen LogP contribution is -2.44. The molecule has 0 fully saturated rings. The zero-order valence-electron chi connectivity index (χ0n) is 14.6. The third-order valence-electron chi connectivity index (χ3n) is 3.30. The van der Waals surface area contributed by atoms with E-state index in [1.165, 1.54) is 6.42 Å². The fourth-order valence-electron chi connectivity index (χ4n) is 2.48. The van der Waals surface area contributed by atoms with Gasteiger partial charge in [0.25, 0.3) is 0 Å². The van der Waals surface area contributed by atoms with Crippen LogP contribution in [0.1, 0.15) is 54.9 Å². The van der Waals surface area contributed by atoms with Crippen molar-refractivity contribution in [3.63, 3.8) is 0 Å². The summed E-state index contributed by atoms with van der Waals surface area (Å²) in [5, 5.41) is 3.84. The van der Waals surface area contributed by atoms with Crippen molar-refractivity contribution < 1.29 is 0 Å². The van der Waals surface area contributed by atoms with Crippen LogP contribution in [-0.4, -0.2) is 41.7 Å². The smallest absolute Gasteiger partial charge is 0.166 e. The topological polar surface area (TPSA) is 39.7 Å². The summed E-state index contributed by atoms with van der Waals surface area (Å²) in [4.78, 5) is 4.00. The second-order valence-electron chi connectivity index (χ2n) is 7.26. The van der Waals surface area contributed by atoms with Gasteiger partial charge < -0.3 is 0 Å². The molecule has 6 heteroatoms. The van der Waals surface area contributed by atoms with Crippen molar-refractivity contribution in [1.82, 2.24) is 14.6 Å². The van der Waals surface area contributed by atoms with Gasteiger partial charge in [0, 0.05) is 18.6 Å². The molecule has 0 aromatic rings. The maximum Gasteiger partial charge on any atom is 0.166 e. The molecule has 0 aromatic carbocycles. The Labute approximate surface area is 127 Å². The molecule has 0 spiro atoms. The van der Waals surface area contributed by atoms with Gasteiger partial charge in [-0.05, 0) is 53.6 Å². The van der Waals surface area contributed by atoms with Crippen LogP contribution in [0.25, 0.3) is 0 Å². The van der Waals surface area contributed by atoms with Crippen molar-refractivity contribution in [2.24, 2.45) is 4.74 Å². The van der Waals surface area contributed by atoms with Crippen molar-refractivity contribution in [1.29, 1.82) is 0 Å². The lowest BCUT2D eigenvalue weighted by atomic mass is 10.1. The first-order chi connectivity index (χ1) is 9.07. The highest BCUT2D eigenvalue weighted by molar-refractivity contribution is 7.73. The molecule has 1 unspecified atom stereocenters. The molecular weight excluding hydrogens is 286 g/mol. The second-order valence-corrected chi connectivity index (χ2v) is 13.3. The van der Waals surface area contributed by atoms with Crippen LogP contribution in [0.2, 0.25) is 0 Å². The predicted molar refractivity (Wildman–Crippen MR) is 94.7 cm³/mol. The molecule has 0 aliphatic carbocycles. The number of hydrogen-bond acceptors (Lipinski definition) is 4. The molecular formula is C14H34N4P2. The Morgan fingerprint density at radius 2 is 1.70 bits per heavy atom. The summed E-state index contributed by atoms with van der Waals surface area (Å²) in [6, 6.07) is 0. The molecule has 1 atom stereocenters. The van der Waals surface area contributed by atoms with Crippen molar-refractivity contribution in [3.05, 3.63) is 0 Å². The summed E-state index contributed by atoms with van der Waals surface area (Å²) in [7, 11) is 0.211. The molecule has 4 nitrogen and oxygen atoms in total. The molecule has 1 aliphatic rings. The summed E-state index contributed by atoms with van der Waals surface area (Å²) in [5.41, 5.74) is 1.42. The van der Waals surface area contributed by atoms with Crippen molar-refractivity contribution in [2.75, 3.05) is 20.1 Å². The highest BCUT2D eigenvalue weighted by atomic mass is 31.2. The first kappa shape index (κ1) is 18.6. The largest absolute Gasteiger partial charge is 0.261 e. The third-order valence-corrected chi connectivity index (χ3v) is 10.3. The van der Waals surface area contributed by atoms with Gasteiger partial charge >= 0.3 is 0 Å². The van der Waals surface area contributed by atoms with Gasteiger partial charge in [-0.25, -0.2) is 9.53 Å². The standard InChI is InChI=1S/C14H34N4P2/c1-12(2)19(13(3)4)17-20(16-14(5,6)7)15-10-9-11-18(20)8/h12-13,16-17H,9-11H2,1-8H3. The Morgan fingerprint density at radius 1 is 1.15 bits per heavy atom. The molecule has 1 heterocycles. The summed E-state index contributed by atoms with van der Waals surface area (Å²) in [6.07, 6.45) is 1.17. The van der Waals surface area contributed by atoms with Crippen molar-refractivity contribution in [3.8, 4) is 0 Å². The molecule has 0 radical (unpaired) electrons. The van der Waals surface area contributed by atoms with Gasteiger partial charge in [-0.3, -0.25) is 9.83 Å². The number of nitrogens with one attached hydrogen (secondary N) is 2. The lowest BCUT2D eigenvalue weighted by Gasteiger charge is -2.45. The maximum atomic E-state index is 5.06. The third kappa shape index (κ3) is 5.07. The van der Waals surface area contributed by atoms with Crippen molar-refractivity contribution in [2.45, 2.75) is 71.7 Å². The van der Waals surface area contributed by atoms with Gasteiger partial charge in [-0.15, -0.1) is 0 Å². The molecule has 2 N–H and O–H groups in total. The first-order valence-corrected chi connectivity index (χ1v) is 10.9. The molecule has 0 aromatic heterocycles. The summed E-state index contributed by atoms with van der Waals surface area (Å²) < 4.78 is 7.51. The maximum absolute atomic E-state index is 5.06. The van der Waals surface area contributed by atoms with E-state index in [1.54, 1.807) is 0 Å². The van der Waals surface area contributed by atoms with E-state index in [1.807, 2.05) is 0 Å². The van der Waals surface area contributed by atoms with Gasteiger partial charge in [0.15, 0.2) is 7.51 Å². The van der Waals surface area contributed by atoms with Crippen LogP contribution in [0.4, 0.5) is 0 Å². The van der Waals surface area contributed by atoms with E-state index in [2.05, 4.69) is 70.1 Å². The van der Waals surface area contributed by atoms with E-state index < -0.39 is 7.51 Å². The quantitative estimate of drug-likeness (QED) is 0.735. The normalized spacial score (nSPS) is 25.6. The highest BCUT2D eigenvalue weighted by Gasteiger charge is 2.34. The van der Waals surface area contributed by atoms with Gasteiger partial charge in [0.1, 0.15) is 0 Å². The van der Waals surface area contributed by atoms with E-state index >= 15 is 0 Å². The Kier molecular flexibility index (Phi) is 6.69. The van der Waals surface area contributed by atoms with E-state index in [9.17, 15) is 0 Å². The van der Waals surface area contributed by atoms with Crippen LogP contribution in [0.3, 0.4) is 0 Å².